The first-order valence-electron chi connectivity index (χ1n) is 25.4. The van der Waals surface area contributed by atoms with Gasteiger partial charge in [-0.3, -0.25) is 9.59 Å². The van der Waals surface area contributed by atoms with Crippen molar-refractivity contribution in [2.45, 2.75) is 270 Å². The molecule has 0 aliphatic carbocycles. The maximum Gasteiger partial charge on any atom is 0.306 e. The summed E-state index contributed by atoms with van der Waals surface area (Å²) in [7, 11) is 0. The predicted octanol–water partition coefficient (Wildman–Crippen LogP) is 15.1. The van der Waals surface area contributed by atoms with E-state index in [1.807, 2.05) is 18.2 Å². The Balaban J connectivity index is 4.61. The van der Waals surface area contributed by atoms with Gasteiger partial charge < -0.3 is 20.3 Å². The Labute approximate surface area is 366 Å². The van der Waals surface area contributed by atoms with Crippen molar-refractivity contribution in [2.24, 2.45) is 0 Å². The second-order valence-electron chi connectivity index (χ2n) is 17.3. The van der Waals surface area contributed by atoms with Gasteiger partial charge in [-0.1, -0.05) is 243 Å². The quantitative estimate of drug-likeness (QED) is 0.0323. The van der Waals surface area contributed by atoms with Gasteiger partial charge in [0.05, 0.1) is 25.2 Å². The second kappa shape index (κ2) is 46.9. The minimum Gasteiger partial charge on any atom is -0.462 e. The molecule has 3 unspecified atom stereocenters. The number of allylic oxidation sites excluding steroid dienone is 8. The Morgan fingerprint density at radius 3 is 1.39 bits per heavy atom. The molecule has 0 aromatic carbocycles. The third kappa shape index (κ3) is 42.3. The van der Waals surface area contributed by atoms with Gasteiger partial charge in [-0.15, -0.1) is 0 Å². The molecule has 6 nitrogen and oxygen atoms in total. The molecule has 3 atom stereocenters. The summed E-state index contributed by atoms with van der Waals surface area (Å²) in [6.45, 7) is 6.34. The first kappa shape index (κ1) is 56.8. The Bertz CT molecular complexity index is 1020. The van der Waals surface area contributed by atoms with Crippen molar-refractivity contribution in [3.05, 3.63) is 48.6 Å². The highest BCUT2D eigenvalue weighted by Crippen LogP contribution is 2.18. The van der Waals surface area contributed by atoms with Crippen LogP contribution in [0.25, 0.3) is 0 Å². The molecule has 1 amide bonds. The van der Waals surface area contributed by atoms with Gasteiger partial charge in [-0.25, -0.2) is 0 Å². The molecule has 0 fully saturated rings. The van der Waals surface area contributed by atoms with Crippen molar-refractivity contribution in [1.82, 2.24) is 5.32 Å². The van der Waals surface area contributed by atoms with E-state index in [1.165, 1.54) is 128 Å². The molecule has 0 spiro atoms. The van der Waals surface area contributed by atoms with E-state index in [1.54, 1.807) is 0 Å². The number of nitrogens with one attached hydrogen (secondary N) is 1. The molecule has 59 heavy (non-hydrogen) atoms. The average Bonchev–Trinajstić information content (AvgIpc) is 3.23. The van der Waals surface area contributed by atoms with E-state index in [2.05, 4.69) is 56.5 Å². The molecule has 344 valence electrons. The molecule has 0 saturated heterocycles. The summed E-state index contributed by atoms with van der Waals surface area (Å²) in [5.41, 5.74) is 0. The fourth-order valence-electron chi connectivity index (χ4n) is 7.68. The number of hydrogen-bond acceptors (Lipinski definition) is 5. The van der Waals surface area contributed by atoms with Crippen LogP contribution in [0.5, 0.6) is 0 Å². The number of hydrogen-bond donors (Lipinski definition) is 3. The number of aliphatic hydroxyl groups is 2. The molecule has 0 rings (SSSR count). The molecule has 0 aromatic rings. The third-order valence-corrected chi connectivity index (χ3v) is 11.5. The van der Waals surface area contributed by atoms with Crippen molar-refractivity contribution in [2.75, 3.05) is 6.61 Å². The van der Waals surface area contributed by atoms with E-state index in [0.717, 1.165) is 77.0 Å². The van der Waals surface area contributed by atoms with Crippen LogP contribution in [-0.2, 0) is 14.3 Å². The second-order valence-corrected chi connectivity index (χ2v) is 17.3. The minimum absolute atomic E-state index is 0.0702. The van der Waals surface area contributed by atoms with E-state index in [9.17, 15) is 19.8 Å². The van der Waals surface area contributed by atoms with E-state index in [4.69, 9.17) is 4.74 Å². The van der Waals surface area contributed by atoms with Crippen LogP contribution in [-0.4, -0.2) is 46.9 Å². The van der Waals surface area contributed by atoms with Crippen LogP contribution >= 0.6 is 0 Å². The van der Waals surface area contributed by atoms with Gasteiger partial charge in [0.15, 0.2) is 0 Å². The molecular formula is C53H97NO5. The van der Waals surface area contributed by atoms with Crippen LogP contribution in [0.15, 0.2) is 48.6 Å². The lowest BCUT2D eigenvalue weighted by Gasteiger charge is -2.24. The molecule has 0 aliphatic heterocycles. The van der Waals surface area contributed by atoms with E-state index < -0.39 is 18.2 Å². The van der Waals surface area contributed by atoms with E-state index in [-0.39, 0.29) is 24.9 Å². The molecule has 3 N–H and O–H groups in total. The van der Waals surface area contributed by atoms with Crippen LogP contribution in [0.3, 0.4) is 0 Å². The zero-order valence-electron chi connectivity index (χ0n) is 39.1. The minimum atomic E-state index is -0.789. The lowest BCUT2D eigenvalue weighted by atomic mass is 10.0. The number of esters is 1. The Kier molecular flexibility index (Phi) is 45.1. The number of rotatable bonds is 45. The zero-order chi connectivity index (χ0) is 43.1. The number of ether oxygens (including phenoxy) is 1. The fourth-order valence-corrected chi connectivity index (χ4v) is 7.68. The normalized spacial score (nSPS) is 13.6. The monoisotopic (exact) mass is 828 g/mol. The SMILES string of the molecule is CC/C=C/C=C/C=C/C=C\CCCCCCCC(=O)OC(CCCCCCCCCCCCCCCC)CC(=O)NC(CO)C(O)CCCCCCCCCCCCC. The van der Waals surface area contributed by atoms with Crippen molar-refractivity contribution in [1.29, 1.82) is 0 Å². The third-order valence-electron chi connectivity index (χ3n) is 11.5. The first-order chi connectivity index (χ1) is 29.0. The number of unbranched alkanes of at least 4 members (excludes halogenated alkanes) is 28. The van der Waals surface area contributed by atoms with Crippen LogP contribution in [0.1, 0.15) is 252 Å². The summed E-state index contributed by atoms with van der Waals surface area (Å²) in [6, 6.07) is -0.704. The predicted molar refractivity (Wildman–Crippen MR) is 255 cm³/mol. The van der Waals surface area contributed by atoms with Crippen LogP contribution in [0.2, 0.25) is 0 Å². The van der Waals surface area contributed by atoms with Crippen molar-refractivity contribution < 1.29 is 24.5 Å². The summed E-state index contributed by atoms with van der Waals surface area (Å²) in [4.78, 5) is 26.1. The molecule has 6 heteroatoms. The zero-order valence-corrected chi connectivity index (χ0v) is 39.1. The standard InChI is InChI=1S/C53H97NO5/c1-4-7-10-13-16-19-22-24-26-28-31-34-37-40-43-46-53(58)59-49(44-41-38-35-32-30-27-25-23-20-17-14-11-8-5-2)47-52(57)54-50(48-55)51(56)45-42-39-36-33-29-21-18-15-12-9-6-3/h7,10,13,16,19,22,24,26,49-51,55-56H,4-6,8-9,11-12,14-15,17-18,20-21,23,25,27-48H2,1-3H3,(H,54,57)/b10-7+,16-13+,22-19+,26-24-. The van der Waals surface area contributed by atoms with Gasteiger partial charge >= 0.3 is 5.97 Å². The highest BCUT2D eigenvalue weighted by molar-refractivity contribution is 5.77. The number of carbonyl (C=O) groups is 2. The summed E-state index contributed by atoms with van der Waals surface area (Å²) < 4.78 is 5.92. The van der Waals surface area contributed by atoms with E-state index >= 15 is 0 Å². The lowest BCUT2D eigenvalue weighted by molar-refractivity contribution is -0.151. The molecule has 0 aliphatic rings. The first-order valence-corrected chi connectivity index (χ1v) is 25.4. The van der Waals surface area contributed by atoms with Crippen molar-refractivity contribution in [3.8, 4) is 0 Å². The smallest absolute Gasteiger partial charge is 0.306 e. The lowest BCUT2D eigenvalue weighted by Crippen LogP contribution is -2.46. The maximum atomic E-state index is 13.2. The summed E-state index contributed by atoms with van der Waals surface area (Å²) in [5.74, 6) is -0.493. The average molecular weight is 828 g/mol. The van der Waals surface area contributed by atoms with Crippen LogP contribution < -0.4 is 5.32 Å². The van der Waals surface area contributed by atoms with Gasteiger partial charge in [0.25, 0.3) is 0 Å². The van der Waals surface area contributed by atoms with Gasteiger partial charge in [0, 0.05) is 6.42 Å². The molecule has 0 radical (unpaired) electrons. The van der Waals surface area contributed by atoms with Crippen LogP contribution in [0, 0.1) is 0 Å². The van der Waals surface area contributed by atoms with Gasteiger partial charge in [-0.05, 0) is 44.9 Å². The summed E-state index contributed by atoms with van der Waals surface area (Å²) in [5, 5.41) is 23.7. The number of amides is 1. The summed E-state index contributed by atoms with van der Waals surface area (Å²) >= 11 is 0. The Morgan fingerprint density at radius 1 is 0.508 bits per heavy atom. The van der Waals surface area contributed by atoms with Crippen molar-refractivity contribution in [3.63, 3.8) is 0 Å². The van der Waals surface area contributed by atoms with Gasteiger partial charge in [-0.2, -0.15) is 0 Å². The Morgan fingerprint density at radius 2 is 0.915 bits per heavy atom. The summed E-state index contributed by atoms with van der Waals surface area (Å²) in [6.07, 6.45) is 55.9. The number of aliphatic hydroxyl groups excluding tert-OH is 2. The highest BCUT2D eigenvalue weighted by Gasteiger charge is 2.24. The molecule has 0 bridgehead atoms. The molecule has 0 aromatic heterocycles. The van der Waals surface area contributed by atoms with E-state index in [0.29, 0.717) is 19.3 Å². The van der Waals surface area contributed by atoms with Gasteiger partial charge in [0.2, 0.25) is 5.91 Å². The van der Waals surface area contributed by atoms with Crippen LogP contribution in [0.4, 0.5) is 0 Å². The molecule has 0 heterocycles. The topological polar surface area (TPSA) is 95.9 Å². The largest absolute Gasteiger partial charge is 0.462 e. The fraction of sp³-hybridized carbons (Fsp3) is 0.811. The van der Waals surface area contributed by atoms with Crippen molar-refractivity contribution >= 4 is 11.9 Å². The Hall–Kier alpha value is -2.18. The highest BCUT2D eigenvalue weighted by atomic mass is 16.5. The molecule has 0 saturated carbocycles. The maximum absolute atomic E-state index is 13.2. The van der Waals surface area contributed by atoms with Gasteiger partial charge in [0.1, 0.15) is 6.10 Å². The number of carbonyl (C=O) groups excluding carboxylic acids is 2. The molecular weight excluding hydrogens is 731 g/mol.